The number of fused-ring (bicyclic) bond motifs is 1. The summed E-state index contributed by atoms with van der Waals surface area (Å²) in [5.41, 5.74) is 0.332. The van der Waals surface area contributed by atoms with E-state index in [4.69, 9.17) is 14.2 Å². The van der Waals surface area contributed by atoms with Gasteiger partial charge in [0.2, 0.25) is 5.88 Å². The predicted molar refractivity (Wildman–Crippen MR) is 101 cm³/mol. The number of hydrogen-bond acceptors (Lipinski definition) is 7. The Hall–Kier alpha value is -3.55. The SMILES string of the molecule is COC(=O)C[C@@H](c1ccc(OC)cc1OC)c1c(O)nc2ccccn2c1=O. The van der Waals surface area contributed by atoms with Crippen molar-refractivity contribution >= 4 is 11.6 Å². The molecule has 0 unspecified atom stereocenters. The zero-order chi connectivity index (χ0) is 20.3. The number of esters is 1. The maximum atomic E-state index is 13.1. The van der Waals surface area contributed by atoms with Crippen LogP contribution in [0.25, 0.3) is 5.65 Å². The lowest BCUT2D eigenvalue weighted by atomic mass is 9.88. The summed E-state index contributed by atoms with van der Waals surface area (Å²) in [6.07, 6.45) is 1.37. The van der Waals surface area contributed by atoms with Crippen molar-refractivity contribution in [2.45, 2.75) is 12.3 Å². The molecule has 0 aliphatic rings. The van der Waals surface area contributed by atoms with E-state index in [2.05, 4.69) is 4.98 Å². The number of nitrogens with zero attached hydrogens (tertiary/aromatic N) is 2. The molecule has 0 bridgehead atoms. The molecule has 8 nitrogen and oxygen atoms in total. The van der Waals surface area contributed by atoms with Gasteiger partial charge < -0.3 is 19.3 Å². The van der Waals surface area contributed by atoms with Gasteiger partial charge in [0.25, 0.3) is 5.56 Å². The van der Waals surface area contributed by atoms with Gasteiger partial charge in [-0.05, 0) is 18.2 Å². The first-order chi connectivity index (χ1) is 13.5. The molecule has 2 heterocycles. The fraction of sp³-hybridized carbons (Fsp3) is 0.250. The molecule has 0 aliphatic carbocycles. The maximum absolute atomic E-state index is 13.1. The molecule has 0 radical (unpaired) electrons. The monoisotopic (exact) mass is 384 g/mol. The average molecular weight is 384 g/mol. The Morgan fingerprint density at radius 2 is 1.96 bits per heavy atom. The Labute approximate surface area is 160 Å². The third-order valence-electron chi connectivity index (χ3n) is 4.51. The fourth-order valence-electron chi connectivity index (χ4n) is 3.12. The van der Waals surface area contributed by atoms with Crippen molar-refractivity contribution in [1.29, 1.82) is 0 Å². The molecule has 0 spiro atoms. The van der Waals surface area contributed by atoms with Crippen molar-refractivity contribution in [2.24, 2.45) is 0 Å². The van der Waals surface area contributed by atoms with Crippen molar-refractivity contribution in [3.8, 4) is 17.4 Å². The normalized spacial score (nSPS) is 11.8. The van der Waals surface area contributed by atoms with E-state index in [-0.39, 0.29) is 12.0 Å². The van der Waals surface area contributed by atoms with E-state index in [1.165, 1.54) is 25.7 Å². The molecule has 2 aromatic heterocycles. The summed E-state index contributed by atoms with van der Waals surface area (Å²) in [5, 5.41) is 10.5. The van der Waals surface area contributed by atoms with E-state index in [0.717, 1.165) is 0 Å². The summed E-state index contributed by atoms with van der Waals surface area (Å²) >= 11 is 0. The van der Waals surface area contributed by atoms with Gasteiger partial charge in [0.05, 0.1) is 33.3 Å². The van der Waals surface area contributed by atoms with Gasteiger partial charge >= 0.3 is 5.97 Å². The number of carbonyl (C=O) groups excluding carboxylic acids is 1. The summed E-state index contributed by atoms with van der Waals surface area (Å²) in [7, 11) is 4.25. The lowest BCUT2D eigenvalue weighted by molar-refractivity contribution is -0.140. The first kappa shape index (κ1) is 19.2. The van der Waals surface area contributed by atoms with Crippen LogP contribution in [0.4, 0.5) is 0 Å². The molecule has 3 rings (SSSR count). The minimum Gasteiger partial charge on any atom is -0.497 e. The van der Waals surface area contributed by atoms with Gasteiger partial charge in [0, 0.05) is 23.7 Å². The van der Waals surface area contributed by atoms with Gasteiger partial charge in [-0.3, -0.25) is 14.0 Å². The van der Waals surface area contributed by atoms with Gasteiger partial charge in [-0.1, -0.05) is 12.1 Å². The zero-order valence-corrected chi connectivity index (χ0v) is 15.7. The van der Waals surface area contributed by atoms with Crippen molar-refractivity contribution in [1.82, 2.24) is 9.38 Å². The predicted octanol–water partition coefficient (Wildman–Crippen LogP) is 2.11. The van der Waals surface area contributed by atoms with E-state index in [9.17, 15) is 14.7 Å². The van der Waals surface area contributed by atoms with Gasteiger partial charge in [-0.15, -0.1) is 0 Å². The van der Waals surface area contributed by atoms with Crippen LogP contribution in [0.2, 0.25) is 0 Å². The standard InChI is InChI=1S/C20H20N2O6/c1-26-12-7-8-13(15(10-12)27-2)14(11-17(23)28-3)18-19(24)21-16-6-4-5-9-22(16)20(18)25/h4-10,14,24H,11H2,1-3H3/t14-/m0/s1. The summed E-state index contributed by atoms with van der Waals surface area (Å²) in [6, 6.07) is 10.0. The molecule has 0 amide bonds. The third kappa shape index (κ3) is 3.48. The van der Waals surface area contributed by atoms with Crippen molar-refractivity contribution in [3.05, 3.63) is 64.1 Å². The van der Waals surface area contributed by atoms with Gasteiger partial charge in [-0.25, -0.2) is 0 Å². The quantitative estimate of drug-likeness (QED) is 0.650. The number of pyridine rings is 1. The number of hydrogen-bond donors (Lipinski definition) is 1. The molecule has 0 fully saturated rings. The Morgan fingerprint density at radius 1 is 1.18 bits per heavy atom. The van der Waals surface area contributed by atoms with Gasteiger partial charge in [0.1, 0.15) is 17.1 Å². The summed E-state index contributed by atoms with van der Waals surface area (Å²) in [4.78, 5) is 29.3. The Balaban J connectivity index is 2.27. The summed E-state index contributed by atoms with van der Waals surface area (Å²) in [6.45, 7) is 0. The van der Waals surface area contributed by atoms with Crippen LogP contribution in [-0.4, -0.2) is 41.8 Å². The second-order valence-electron chi connectivity index (χ2n) is 6.02. The van der Waals surface area contributed by atoms with E-state index in [0.29, 0.717) is 22.7 Å². The van der Waals surface area contributed by atoms with Crippen LogP contribution < -0.4 is 15.0 Å². The number of aromatic hydroxyl groups is 1. The molecule has 1 atom stereocenters. The molecular weight excluding hydrogens is 364 g/mol. The number of aromatic nitrogens is 2. The average Bonchev–Trinajstić information content (AvgIpc) is 2.72. The number of carbonyl (C=O) groups is 1. The summed E-state index contributed by atoms with van der Waals surface area (Å²) in [5.74, 6) is -0.853. The Kier molecular flexibility index (Phi) is 5.49. The van der Waals surface area contributed by atoms with Crippen LogP contribution in [-0.2, 0) is 9.53 Å². The van der Waals surface area contributed by atoms with Crippen molar-refractivity contribution in [3.63, 3.8) is 0 Å². The van der Waals surface area contributed by atoms with Crippen LogP contribution >= 0.6 is 0 Å². The fourth-order valence-corrected chi connectivity index (χ4v) is 3.12. The minimum atomic E-state index is -0.828. The van der Waals surface area contributed by atoms with E-state index < -0.39 is 23.3 Å². The second-order valence-corrected chi connectivity index (χ2v) is 6.02. The number of benzene rings is 1. The Morgan fingerprint density at radius 3 is 2.64 bits per heavy atom. The highest BCUT2D eigenvalue weighted by atomic mass is 16.5. The van der Waals surface area contributed by atoms with E-state index in [1.807, 2.05) is 0 Å². The highest BCUT2D eigenvalue weighted by Gasteiger charge is 2.29. The van der Waals surface area contributed by atoms with E-state index >= 15 is 0 Å². The van der Waals surface area contributed by atoms with E-state index in [1.54, 1.807) is 42.6 Å². The number of methoxy groups -OCH3 is 3. The van der Waals surface area contributed by atoms with Gasteiger partial charge in [-0.2, -0.15) is 4.98 Å². The topological polar surface area (TPSA) is 99.4 Å². The largest absolute Gasteiger partial charge is 0.497 e. The highest BCUT2D eigenvalue weighted by Crippen LogP contribution is 2.38. The highest BCUT2D eigenvalue weighted by molar-refractivity contribution is 5.72. The van der Waals surface area contributed by atoms with Crippen molar-refractivity contribution < 1.29 is 24.1 Å². The van der Waals surface area contributed by atoms with Crippen LogP contribution in [0.1, 0.15) is 23.5 Å². The first-order valence-corrected chi connectivity index (χ1v) is 8.49. The van der Waals surface area contributed by atoms with Crippen LogP contribution in [0.5, 0.6) is 17.4 Å². The van der Waals surface area contributed by atoms with Crippen molar-refractivity contribution in [2.75, 3.05) is 21.3 Å². The molecule has 8 heteroatoms. The molecule has 0 saturated heterocycles. The molecule has 0 aliphatic heterocycles. The lowest BCUT2D eigenvalue weighted by Gasteiger charge is -2.20. The molecule has 1 N–H and O–H groups in total. The number of rotatable bonds is 6. The van der Waals surface area contributed by atoms with Crippen LogP contribution in [0.3, 0.4) is 0 Å². The molecule has 1 aromatic carbocycles. The molecule has 146 valence electrons. The molecule has 3 aromatic rings. The maximum Gasteiger partial charge on any atom is 0.306 e. The molecule has 28 heavy (non-hydrogen) atoms. The number of ether oxygens (including phenoxy) is 3. The Bertz CT molecular complexity index is 1080. The third-order valence-corrected chi connectivity index (χ3v) is 4.51. The first-order valence-electron chi connectivity index (χ1n) is 8.49. The van der Waals surface area contributed by atoms with Crippen LogP contribution in [0, 0.1) is 0 Å². The lowest BCUT2D eigenvalue weighted by Crippen LogP contribution is -2.24. The van der Waals surface area contributed by atoms with Crippen LogP contribution in [0.15, 0.2) is 47.4 Å². The molecule has 0 saturated carbocycles. The summed E-state index contributed by atoms with van der Waals surface area (Å²) < 4.78 is 16.7. The zero-order valence-electron chi connectivity index (χ0n) is 15.7. The van der Waals surface area contributed by atoms with Gasteiger partial charge in [0.15, 0.2) is 0 Å². The second kappa shape index (κ2) is 7.99. The molecular formula is C20H20N2O6. The smallest absolute Gasteiger partial charge is 0.306 e. The minimum absolute atomic E-state index is 0.0161.